The van der Waals surface area contributed by atoms with Crippen molar-refractivity contribution < 1.29 is 13.9 Å². The smallest absolute Gasteiger partial charge is 0.289 e. The van der Waals surface area contributed by atoms with Crippen LogP contribution in [-0.2, 0) is 13.2 Å². The van der Waals surface area contributed by atoms with Gasteiger partial charge < -0.3 is 14.1 Å². The molecule has 1 aromatic heterocycles. The van der Waals surface area contributed by atoms with E-state index in [1.54, 1.807) is 12.1 Å². The lowest BCUT2D eigenvalue weighted by Gasteiger charge is -2.34. The summed E-state index contributed by atoms with van der Waals surface area (Å²) in [7, 11) is 0. The predicted octanol–water partition coefficient (Wildman–Crippen LogP) is 4.89. The van der Waals surface area contributed by atoms with Gasteiger partial charge in [-0.15, -0.1) is 0 Å². The van der Waals surface area contributed by atoms with Crippen molar-refractivity contribution in [1.29, 1.82) is 0 Å². The molecule has 3 aromatic rings. The van der Waals surface area contributed by atoms with Gasteiger partial charge in [0.2, 0.25) is 0 Å². The monoisotopic (exact) mass is 468 g/mol. The van der Waals surface area contributed by atoms with Crippen molar-refractivity contribution in [2.75, 3.05) is 26.2 Å². The zero-order valence-corrected chi connectivity index (χ0v) is 18.6. The van der Waals surface area contributed by atoms with Crippen LogP contribution in [0.2, 0.25) is 0 Å². The number of rotatable bonds is 6. The van der Waals surface area contributed by atoms with Crippen LogP contribution < -0.4 is 4.74 Å². The van der Waals surface area contributed by atoms with Crippen molar-refractivity contribution in [1.82, 2.24) is 9.80 Å². The van der Waals surface area contributed by atoms with Gasteiger partial charge in [0.25, 0.3) is 5.91 Å². The number of furan rings is 1. The zero-order chi connectivity index (χ0) is 20.9. The van der Waals surface area contributed by atoms with Crippen LogP contribution in [0.1, 0.15) is 27.4 Å². The highest BCUT2D eigenvalue weighted by Crippen LogP contribution is 2.25. The lowest BCUT2D eigenvalue weighted by molar-refractivity contribution is 0.0594. The van der Waals surface area contributed by atoms with Crippen molar-refractivity contribution in [3.05, 3.63) is 87.8 Å². The molecule has 156 valence electrons. The van der Waals surface area contributed by atoms with Crippen LogP contribution in [0.25, 0.3) is 0 Å². The zero-order valence-electron chi connectivity index (χ0n) is 17.0. The second-order valence-corrected chi connectivity index (χ2v) is 8.40. The van der Waals surface area contributed by atoms with E-state index in [1.807, 2.05) is 29.2 Å². The predicted molar refractivity (Wildman–Crippen MR) is 120 cm³/mol. The fraction of sp³-hybridized carbons (Fsp3) is 0.292. The second kappa shape index (κ2) is 9.49. The number of amides is 1. The van der Waals surface area contributed by atoms with E-state index in [0.29, 0.717) is 24.6 Å². The van der Waals surface area contributed by atoms with Crippen LogP contribution in [0.15, 0.2) is 69.6 Å². The second-order valence-electron chi connectivity index (χ2n) is 7.54. The summed E-state index contributed by atoms with van der Waals surface area (Å²) in [5, 5.41) is 0. The molecule has 1 aliphatic rings. The number of ether oxygens (including phenoxy) is 1. The molecule has 30 heavy (non-hydrogen) atoms. The Morgan fingerprint density at radius 1 is 1.03 bits per heavy atom. The first-order valence-corrected chi connectivity index (χ1v) is 10.9. The standard InChI is InChI=1S/C24H25BrN2O3/c1-18-5-4-6-19(15-18)16-26-11-13-27(14-12-26)24(28)23-10-9-20(30-23)17-29-22-8-3-2-7-21(22)25/h2-10,15H,11-14,16-17H2,1H3. The van der Waals surface area contributed by atoms with Gasteiger partial charge in [0.1, 0.15) is 18.1 Å². The molecule has 1 saturated heterocycles. The maximum absolute atomic E-state index is 12.8. The van der Waals surface area contributed by atoms with Crippen LogP contribution in [0.3, 0.4) is 0 Å². The summed E-state index contributed by atoms with van der Waals surface area (Å²) >= 11 is 3.46. The molecule has 2 heterocycles. The van der Waals surface area contributed by atoms with Crippen molar-refractivity contribution >= 4 is 21.8 Å². The Hall–Kier alpha value is -2.57. The molecule has 1 amide bonds. The Bertz CT molecular complexity index is 1010. The molecule has 0 atom stereocenters. The molecule has 2 aromatic carbocycles. The largest absolute Gasteiger partial charge is 0.484 e. The van der Waals surface area contributed by atoms with Gasteiger partial charge in [-0.1, -0.05) is 42.0 Å². The lowest BCUT2D eigenvalue weighted by Crippen LogP contribution is -2.48. The number of hydrogen-bond acceptors (Lipinski definition) is 4. The third kappa shape index (κ3) is 5.12. The lowest BCUT2D eigenvalue weighted by atomic mass is 10.1. The van der Waals surface area contributed by atoms with Gasteiger partial charge in [-0.2, -0.15) is 0 Å². The summed E-state index contributed by atoms with van der Waals surface area (Å²) in [6.07, 6.45) is 0. The molecule has 5 nitrogen and oxygen atoms in total. The SMILES string of the molecule is Cc1cccc(CN2CCN(C(=O)c3ccc(COc4ccccc4Br)o3)CC2)c1. The molecule has 0 saturated carbocycles. The van der Waals surface area contributed by atoms with Crippen LogP contribution in [0.4, 0.5) is 0 Å². The van der Waals surface area contributed by atoms with Gasteiger partial charge >= 0.3 is 0 Å². The third-order valence-electron chi connectivity index (χ3n) is 5.23. The van der Waals surface area contributed by atoms with Crippen molar-refractivity contribution in [3.63, 3.8) is 0 Å². The molecule has 0 N–H and O–H groups in total. The van der Waals surface area contributed by atoms with E-state index in [1.165, 1.54) is 11.1 Å². The molecule has 0 unspecified atom stereocenters. The van der Waals surface area contributed by atoms with Gasteiger partial charge in [-0.25, -0.2) is 0 Å². The third-order valence-corrected chi connectivity index (χ3v) is 5.88. The van der Waals surface area contributed by atoms with E-state index >= 15 is 0 Å². The molecular formula is C24H25BrN2O3. The number of benzene rings is 2. The number of carbonyl (C=O) groups excluding carboxylic acids is 1. The molecular weight excluding hydrogens is 444 g/mol. The van der Waals surface area contributed by atoms with E-state index < -0.39 is 0 Å². The average Bonchev–Trinajstić information content (AvgIpc) is 3.22. The van der Waals surface area contributed by atoms with Gasteiger partial charge in [0.15, 0.2) is 5.76 Å². The van der Waals surface area contributed by atoms with E-state index in [4.69, 9.17) is 9.15 Å². The number of hydrogen-bond donors (Lipinski definition) is 0. The summed E-state index contributed by atoms with van der Waals surface area (Å²) in [5.74, 6) is 1.68. The Labute approximate surface area is 185 Å². The molecule has 0 radical (unpaired) electrons. The maximum Gasteiger partial charge on any atom is 0.289 e. The molecule has 6 heteroatoms. The van der Waals surface area contributed by atoms with Gasteiger partial charge in [0.05, 0.1) is 4.47 Å². The van der Waals surface area contributed by atoms with Crippen LogP contribution in [-0.4, -0.2) is 41.9 Å². The normalized spacial score (nSPS) is 14.7. The average molecular weight is 469 g/mol. The fourth-order valence-electron chi connectivity index (χ4n) is 3.61. The molecule has 1 aliphatic heterocycles. The minimum Gasteiger partial charge on any atom is -0.484 e. The highest BCUT2D eigenvalue weighted by molar-refractivity contribution is 9.10. The van der Waals surface area contributed by atoms with E-state index in [2.05, 4.69) is 52.0 Å². The molecule has 0 aliphatic carbocycles. The number of nitrogens with zero attached hydrogens (tertiary/aromatic N) is 2. The minimum atomic E-state index is -0.0580. The summed E-state index contributed by atoms with van der Waals surface area (Å²) in [5.41, 5.74) is 2.59. The van der Waals surface area contributed by atoms with Crippen LogP contribution in [0, 0.1) is 6.92 Å². The van der Waals surface area contributed by atoms with Gasteiger partial charge in [-0.3, -0.25) is 9.69 Å². The number of para-hydroxylation sites is 1. The Morgan fingerprint density at radius 2 is 1.83 bits per heavy atom. The first kappa shape index (κ1) is 20.7. The molecule has 4 rings (SSSR count). The summed E-state index contributed by atoms with van der Waals surface area (Å²) in [6.45, 7) is 6.43. The number of halogens is 1. The first-order chi connectivity index (χ1) is 14.6. The summed E-state index contributed by atoms with van der Waals surface area (Å²) in [6, 6.07) is 19.8. The number of carbonyl (C=O) groups is 1. The molecule has 1 fully saturated rings. The molecule has 0 spiro atoms. The summed E-state index contributed by atoms with van der Waals surface area (Å²) < 4.78 is 12.4. The number of piperazine rings is 1. The number of aryl methyl sites for hydroxylation is 1. The highest BCUT2D eigenvalue weighted by Gasteiger charge is 2.24. The van der Waals surface area contributed by atoms with Crippen molar-refractivity contribution in [3.8, 4) is 5.75 Å². The van der Waals surface area contributed by atoms with E-state index in [-0.39, 0.29) is 12.5 Å². The summed E-state index contributed by atoms with van der Waals surface area (Å²) in [4.78, 5) is 17.1. The van der Waals surface area contributed by atoms with Crippen molar-refractivity contribution in [2.24, 2.45) is 0 Å². The minimum absolute atomic E-state index is 0.0580. The highest BCUT2D eigenvalue weighted by atomic mass is 79.9. The van der Waals surface area contributed by atoms with E-state index in [0.717, 1.165) is 29.9 Å². The van der Waals surface area contributed by atoms with Crippen LogP contribution in [0.5, 0.6) is 5.75 Å². The maximum atomic E-state index is 12.8. The Kier molecular flexibility index (Phi) is 6.55. The van der Waals surface area contributed by atoms with E-state index in [9.17, 15) is 4.79 Å². The van der Waals surface area contributed by atoms with Crippen LogP contribution >= 0.6 is 15.9 Å². The topological polar surface area (TPSA) is 45.9 Å². The first-order valence-electron chi connectivity index (χ1n) is 10.1. The Balaban J connectivity index is 1.29. The fourth-order valence-corrected chi connectivity index (χ4v) is 4.01. The Morgan fingerprint density at radius 3 is 2.60 bits per heavy atom. The molecule has 0 bridgehead atoms. The van der Waals surface area contributed by atoms with Crippen molar-refractivity contribution in [2.45, 2.75) is 20.1 Å². The van der Waals surface area contributed by atoms with Gasteiger partial charge in [0, 0.05) is 32.7 Å². The van der Waals surface area contributed by atoms with Gasteiger partial charge in [-0.05, 0) is 52.7 Å². The quantitative estimate of drug-likeness (QED) is 0.516.